The highest BCUT2D eigenvalue weighted by Crippen LogP contribution is 2.21. The molecule has 0 N–H and O–H groups in total. The lowest BCUT2D eigenvalue weighted by Gasteiger charge is -2.32. The molecule has 0 aromatic rings. The molecule has 0 aliphatic carbocycles. The molecule has 4 heteroatoms. The normalized spacial score (nSPS) is 21.8. The third kappa shape index (κ3) is 3.42. The Bertz CT molecular complexity index is 265. The molecule has 1 aliphatic rings. The van der Waals surface area contributed by atoms with Gasteiger partial charge in [0, 0.05) is 39.3 Å². The number of hydrogen-bond donors (Lipinski definition) is 0. The van der Waals surface area contributed by atoms with Gasteiger partial charge in [0.2, 0.25) is 5.91 Å². The third-order valence-corrected chi connectivity index (χ3v) is 3.83. The molecule has 100 valence electrons. The van der Waals surface area contributed by atoms with Gasteiger partial charge in [-0.2, -0.15) is 0 Å². The summed E-state index contributed by atoms with van der Waals surface area (Å²) in [7, 11) is 4.01. The zero-order valence-electron chi connectivity index (χ0n) is 12.1. The van der Waals surface area contributed by atoms with Crippen LogP contribution in [0, 0.1) is 5.92 Å². The van der Waals surface area contributed by atoms with Crippen molar-refractivity contribution in [3.05, 3.63) is 0 Å². The van der Waals surface area contributed by atoms with Crippen molar-refractivity contribution in [1.29, 1.82) is 0 Å². The maximum atomic E-state index is 12.2. The minimum atomic E-state index is 0.170. The van der Waals surface area contributed by atoms with E-state index in [0.29, 0.717) is 18.0 Å². The number of carbonyl (C=O) groups is 1. The molecule has 1 amide bonds. The van der Waals surface area contributed by atoms with Crippen LogP contribution in [0.2, 0.25) is 0 Å². The first-order valence-electron chi connectivity index (χ1n) is 6.59. The molecule has 0 bridgehead atoms. The Morgan fingerprint density at radius 3 is 2.24 bits per heavy atom. The van der Waals surface area contributed by atoms with Gasteiger partial charge in [-0.3, -0.25) is 4.79 Å². The molecule has 0 radical (unpaired) electrons. The fraction of sp³-hybridized carbons (Fsp3) is 0.923. The van der Waals surface area contributed by atoms with Crippen molar-refractivity contribution in [2.24, 2.45) is 5.92 Å². The van der Waals surface area contributed by atoms with Crippen LogP contribution in [0.1, 0.15) is 34.1 Å². The Hall–Kier alpha value is -0.610. The lowest BCUT2D eigenvalue weighted by atomic mass is 10.1. The van der Waals surface area contributed by atoms with Crippen molar-refractivity contribution < 1.29 is 4.79 Å². The number of amides is 1. The molecule has 0 aromatic heterocycles. The van der Waals surface area contributed by atoms with Crippen molar-refractivity contribution in [3.63, 3.8) is 0 Å². The summed E-state index contributed by atoms with van der Waals surface area (Å²) >= 11 is 0. The largest absolute Gasteiger partial charge is 0.343 e. The lowest BCUT2D eigenvalue weighted by Crippen LogP contribution is -2.44. The molecular formula is C13H27N3O. The Morgan fingerprint density at radius 2 is 1.76 bits per heavy atom. The summed E-state index contributed by atoms with van der Waals surface area (Å²) in [4.78, 5) is 14.1. The first kappa shape index (κ1) is 14.5. The van der Waals surface area contributed by atoms with Gasteiger partial charge in [0.1, 0.15) is 0 Å². The predicted molar refractivity (Wildman–Crippen MR) is 70.5 cm³/mol. The van der Waals surface area contributed by atoms with E-state index in [1.54, 1.807) is 0 Å². The number of hydrazine groups is 1. The molecule has 4 nitrogen and oxygen atoms in total. The minimum absolute atomic E-state index is 0.170. The van der Waals surface area contributed by atoms with Gasteiger partial charge in [-0.1, -0.05) is 0 Å². The number of hydrogen-bond acceptors (Lipinski definition) is 3. The SMILES string of the molecule is CC(C)N(C)C(=O)C1CCN(N(C)C(C)C)C1. The molecule has 1 atom stereocenters. The second kappa shape index (κ2) is 5.83. The van der Waals surface area contributed by atoms with Crippen LogP contribution in [0.15, 0.2) is 0 Å². The van der Waals surface area contributed by atoms with Crippen LogP contribution in [-0.4, -0.2) is 60.1 Å². The van der Waals surface area contributed by atoms with E-state index in [4.69, 9.17) is 0 Å². The summed E-state index contributed by atoms with van der Waals surface area (Å²) < 4.78 is 0. The Labute approximate surface area is 106 Å². The lowest BCUT2D eigenvalue weighted by molar-refractivity contribution is -0.135. The molecule has 1 aliphatic heterocycles. The summed E-state index contributed by atoms with van der Waals surface area (Å²) in [5.41, 5.74) is 0. The fourth-order valence-corrected chi connectivity index (χ4v) is 2.10. The molecular weight excluding hydrogens is 214 g/mol. The zero-order valence-corrected chi connectivity index (χ0v) is 12.1. The number of rotatable bonds is 4. The van der Waals surface area contributed by atoms with Crippen LogP contribution in [0.3, 0.4) is 0 Å². The molecule has 1 rings (SSSR count). The Morgan fingerprint density at radius 1 is 1.18 bits per heavy atom. The van der Waals surface area contributed by atoms with E-state index < -0.39 is 0 Å². The van der Waals surface area contributed by atoms with Crippen molar-refractivity contribution in [2.75, 3.05) is 27.2 Å². The average Bonchev–Trinajstić information content (AvgIpc) is 2.74. The van der Waals surface area contributed by atoms with E-state index in [0.717, 1.165) is 19.5 Å². The van der Waals surface area contributed by atoms with E-state index >= 15 is 0 Å². The first-order valence-corrected chi connectivity index (χ1v) is 6.59. The highest BCUT2D eigenvalue weighted by Gasteiger charge is 2.32. The average molecular weight is 241 g/mol. The van der Waals surface area contributed by atoms with Gasteiger partial charge in [0.25, 0.3) is 0 Å². The first-order chi connectivity index (χ1) is 7.84. The van der Waals surface area contributed by atoms with Crippen LogP contribution < -0.4 is 0 Å². The maximum Gasteiger partial charge on any atom is 0.227 e. The van der Waals surface area contributed by atoms with Gasteiger partial charge in [-0.05, 0) is 34.1 Å². The summed E-state index contributed by atoms with van der Waals surface area (Å²) in [6.07, 6.45) is 0.979. The summed E-state index contributed by atoms with van der Waals surface area (Å²) in [6, 6.07) is 0.783. The second-order valence-electron chi connectivity index (χ2n) is 5.61. The van der Waals surface area contributed by atoms with E-state index in [2.05, 4.69) is 44.8 Å². The van der Waals surface area contributed by atoms with E-state index in [9.17, 15) is 4.79 Å². The smallest absolute Gasteiger partial charge is 0.227 e. The standard InChI is InChI=1S/C13H27N3O/c1-10(2)14(5)13(17)12-7-8-16(9-12)15(6)11(3)4/h10-12H,7-9H2,1-6H3. The molecule has 0 spiro atoms. The summed E-state index contributed by atoms with van der Waals surface area (Å²) in [5, 5.41) is 4.53. The quantitative estimate of drug-likeness (QED) is 0.745. The monoisotopic (exact) mass is 241 g/mol. The Kier molecular flexibility index (Phi) is 4.95. The molecule has 1 unspecified atom stereocenters. The summed E-state index contributed by atoms with van der Waals surface area (Å²) in [6.45, 7) is 10.3. The van der Waals surface area contributed by atoms with Gasteiger partial charge in [-0.15, -0.1) is 0 Å². The van der Waals surface area contributed by atoms with Crippen molar-refractivity contribution >= 4 is 5.91 Å². The van der Waals surface area contributed by atoms with Crippen LogP contribution in [0.5, 0.6) is 0 Å². The van der Waals surface area contributed by atoms with Gasteiger partial charge in [0.05, 0.1) is 5.92 Å². The van der Waals surface area contributed by atoms with Crippen LogP contribution in [0.4, 0.5) is 0 Å². The van der Waals surface area contributed by atoms with Crippen molar-refractivity contribution in [3.8, 4) is 0 Å². The summed E-state index contributed by atoms with van der Waals surface area (Å²) in [5.74, 6) is 0.461. The number of carbonyl (C=O) groups excluding carboxylic acids is 1. The fourth-order valence-electron chi connectivity index (χ4n) is 2.10. The Balaban J connectivity index is 2.53. The van der Waals surface area contributed by atoms with Crippen molar-refractivity contribution in [2.45, 2.75) is 46.2 Å². The van der Waals surface area contributed by atoms with E-state index in [1.165, 1.54) is 0 Å². The van der Waals surface area contributed by atoms with Crippen LogP contribution in [0.25, 0.3) is 0 Å². The predicted octanol–water partition coefficient (Wildman–Crippen LogP) is 1.43. The molecule has 0 saturated carbocycles. The molecule has 0 aromatic carbocycles. The highest BCUT2D eigenvalue weighted by molar-refractivity contribution is 5.79. The number of nitrogens with zero attached hydrogens (tertiary/aromatic N) is 3. The van der Waals surface area contributed by atoms with Gasteiger partial charge < -0.3 is 4.90 Å². The second-order valence-corrected chi connectivity index (χ2v) is 5.61. The maximum absolute atomic E-state index is 12.2. The van der Waals surface area contributed by atoms with E-state index in [-0.39, 0.29) is 5.92 Å². The van der Waals surface area contributed by atoms with Gasteiger partial charge >= 0.3 is 0 Å². The molecule has 1 heterocycles. The topological polar surface area (TPSA) is 26.8 Å². The minimum Gasteiger partial charge on any atom is -0.343 e. The third-order valence-electron chi connectivity index (χ3n) is 3.83. The van der Waals surface area contributed by atoms with E-state index in [1.807, 2.05) is 11.9 Å². The van der Waals surface area contributed by atoms with Crippen molar-refractivity contribution in [1.82, 2.24) is 14.9 Å². The molecule has 1 fully saturated rings. The molecule has 17 heavy (non-hydrogen) atoms. The van der Waals surface area contributed by atoms with Gasteiger partial charge in [-0.25, -0.2) is 10.0 Å². The van der Waals surface area contributed by atoms with Crippen LogP contribution >= 0.6 is 0 Å². The van der Waals surface area contributed by atoms with Gasteiger partial charge in [0.15, 0.2) is 0 Å². The molecule has 1 saturated heterocycles. The highest BCUT2D eigenvalue weighted by atomic mass is 16.2. The zero-order chi connectivity index (χ0) is 13.2. The van der Waals surface area contributed by atoms with Crippen LogP contribution in [-0.2, 0) is 4.79 Å².